The maximum absolute atomic E-state index is 13.0. The lowest BCUT2D eigenvalue weighted by atomic mass is 10.0. The second-order valence-corrected chi connectivity index (χ2v) is 24.4. The van der Waals surface area contributed by atoms with Gasteiger partial charge in [0.1, 0.15) is 12.7 Å². The number of esters is 3. The van der Waals surface area contributed by atoms with E-state index in [2.05, 4.69) is 57.2 Å². The quantitative estimate of drug-likeness (QED) is 0.0197. The number of carbonyl (C=O) groups excluding carboxylic acids is 3. The monoisotopic (exact) mass is 1150 g/mol. The van der Waals surface area contributed by atoms with Crippen LogP contribution in [0.3, 0.4) is 0 Å². The van der Waals surface area contributed by atoms with Crippen molar-refractivity contribution in [2.75, 3.05) is 26.4 Å². The van der Waals surface area contributed by atoms with Crippen molar-refractivity contribution in [1.29, 1.82) is 0 Å². The molecule has 0 aromatic carbocycles. The number of hydrogen-bond donors (Lipinski definition) is 2. The van der Waals surface area contributed by atoms with Crippen molar-refractivity contribution in [2.45, 2.75) is 354 Å². The molecule has 0 rings (SSSR count). The van der Waals surface area contributed by atoms with Gasteiger partial charge in [-0.1, -0.05) is 282 Å². The van der Waals surface area contributed by atoms with Crippen LogP contribution in [0.25, 0.3) is 0 Å². The van der Waals surface area contributed by atoms with Crippen LogP contribution in [0.2, 0.25) is 0 Å². The Labute approximate surface area is 492 Å². The van der Waals surface area contributed by atoms with E-state index in [1.165, 1.54) is 212 Å². The van der Waals surface area contributed by atoms with E-state index >= 15 is 0 Å². The van der Waals surface area contributed by atoms with Crippen molar-refractivity contribution < 1.29 is 52.2 Å². The molecule has 12 heteroatoms. The lowest BCUT2D eigenvalue weighted by Crippen LogP contribution is -2.30. The molecule has 0 aliphatic heterocycles. The van der Waals surface area contributed by atoms with E-state index in [1.807, 2.05) is 0 Å². The standard InChI is InChI=1S/C68H127O11P/c1-4-7-10-13-16-19-22-25-28-30-32-34-37-39-42-45-48-51-54-57-66(70)75-61-65(79-68(72)59-56-53-50-47-44-41-38-35-33-31-29-26-23-20-17-14-11-8-5-2)63-77-80(73,74)76-62-64(60-69)78-67(71)58-55-52-49-46-43-40-36-27-24-21-18-15-12-9-6-3/h17,20,25-26,28-29,64-65,69H,4-16,18-19,21-24,27,30-63H2,1-3H3,(H,73,74)/b20-17-,28-25-,29-26-. The number of phosphoric acid groups is 1. The molecule has 0 fully saturated rings. The highest BCUT2D eigenvalue weighted by atomic mass is 31.2. The first-order valence-electron chi connectivity index (χ1n) is 33.9. The summed E-state index contributed by atoms with van der Waals surface area (Å²) in [5.41, 5.74) is 0. The third-order valence-electron chi connectivity index (χ3n) is 15.0. The minimum atomic E-state index is -4.75. The fourth-order valence-corrected chi connectivity index (χ4v) is 10.6. The second kappa shape index (κ2) is 62.7. The van der Waals surface area contributed by atoms with E-state index in [4.69, 9.17) is 23.3 Å². The molecule has 3 unspecified atom stereocenters. The van der Waals surface area contributed by atoms with Gasteiger partial charge in [-0.3, -0.25) is 23.4 Å². The van der Waals surface area contributed by atoms with Crippen LogP contribution in [0.4, 0.5) is 0 Å². The van der Waals surface area contributed by atoms with Crippen LogP contribution in [0, 0.1) is 0 Å². The Morgan fingerprint density at radius 2 is 0.613 bits per heavy atom. The lowest BCUT2D eigenvalue weighted by molar-refractivity contribution is -0.161. The molecular formula is C68H127O11P. The Hall–Kier alpha value is -2.30. The highest BCUT2D eigenvalue weighted by Gasteiger charge is 2.28. The summed E-state index contributed by atoms with van der Waals surface area (Å²) >= 11 is 0. The average Bonchev–Trinajstić information content (AvgIpc) is 3.45. The molecule has 3 atom stereocenters. The molecule has 0 spiro atoms. The van der Waals surface area contributed by atoms with Gasteiger partial charge in [-0.25, -0.2) is 4.57 Å². The Morgan fingerprint density at radius 3 is 0.963 bits per heavy atom. The fraction of sp³-hybridized carbons (Fsp3) is 0.868. The highest BCUT2D eigenvalue weighted by Crippen LogP contribution is 2.43. The topological polar surface area (TPSA) is 155 Å². The minimum Gasteiger partial charge on any atom is -0.462 e. The number of allylic oxidation sites excluding steroid dienone is 6. The van der Waals surface area contributed by atoms with Crippen LogP contribution in [-0.4, -0.2) is 66.5 Å². The van der Waals surface area contributed by atoms with E-state index in [1.54, 1.807) is 0 Å². The first-order chi connectivity index (χ1) is 39.2. The molecule has 470 valence electrons. The summed E-state index contributed by atoms with van der Waals surface area (Å²) in [7, 11) is -4.75. The molecule has 0 aliphatic rings. The van der Waals surface area contributed by atoms with Crippen LogP contribution >= 0.6 is 7.82 Å². The number of hydrogen-bond acceptors (Lipinski definition) is 10. The van der Waals surface area contributed by atoms with Crippen molar-refractivity contribution in [1.82, 2.24) is 0 Å². The van der Waals surface area contributed by atoms with Gasteiger partial charge in [-0.2, -0.15) is 0 Å². The molecule has 0 saturated carbocycles. The number of ether oxygens (including phenoxy) is 3. The van der Waals surface area contributed by atoms with Crippen LogP contribution in [-0.2, 0) is 42.2 Å². The Bertz CT molecular complexity index is 1480. The Kier molecular flexibility index (Phi) is 60.9. The first-order valence-corrected chi connectivity index (χ1v) is 35.4. The van der Waals surface area contributed by atoms with Gasteiger partial charge in [0.25, 0.3) is 0 Å². The fourth-order valence-electron chi connectivity index (χ4n) is 9.86. The summed E-state index contributed by atoms with van der Waals surface area (Å²) in [4.78, 5) is 48.8. The van der Waals surface area contributed by atoms with Crippen molar-refractivity contribution >= 4 is 25.7 Å². The molecule has 0 aliphatic carbocycles. The Balaban J connectivity index is 4.66. The zero-order valence-corrected chi connectivity index (χ0v) is 53.2. The summed E-state index contributed by atoms with van der Waals surface area (Å²) in [5.74, 6) is -1.44. The molecule has 0 saturated heterocycles. The van der Waals surface area contributed by atoms with E-state index in [-0.39, 0.29) is 25.9 Å². The van der Waals surface area contributed by atoms with Gasteiger partial charge in [0.2, 0.25) is 0 Å². The number of phosphoric ester groups is 1. The summed E-state index contributed by atoms with van der Waals surface area (Å²) in [5, 5.41) is 9.86. The number of carbonyl (C=O) groups is 3. The normalized spacial score (nSPS) is 13.4. The van der Waals surface area contributed by atoms with E-state index in [0.29, 0.717) is 19.3 Å². The van der Waals surface area contributed by atoms with E-state index in [9.17, 15) is 28.9 Å². The number of aliphatic hydroxyl groups excluding tert-OH is 1. The zero-order valence-electron chi connectivity index (χ0n) is 52.3. The van der Waals surface area contributed by atoms with Gasteiger partial charge in [0.15, 0.2) is 6.10 Å². The summed E-state index contributed by atoms with van der Waals surface area (Å²) < 4.78 is 39.8. The second-order valence-electron chi connectivity index (χ2n) is 23.0. The molecule has 0 radical (unpaired) electrons. The van der Waals surface area contributed by atoms with Crippen molar-refractivity contribution in [3.8, 4) is 0 Å². The Morgan fingerprint density at radius 1 is 0.350 bits per heavy atom. The predicted octanol–water partition coefficient (Wildman–Crippen LogP) is 20.7. The number of aliphatic hydroxyl groups is 1. The molecule has 2 N–H and O–H groups in total. The van der Waals surface area contributed by atoms with Crippen LogP contribution in [0.5, 0.6) is 0 Å². The highest BCUT2D eigenvalue weighted by molar-refractivity contribution is 7.47. The maximum atomic E-state index is 13.0. The smallest absolute Gasteiger partial charge is 0.462 e. The summed E-state index contributed by atoms with van der Waals surface area (Å²) in [6.07, 6.45) is 68.0. The van der Waals surface area contributed by atoms with Crippen molar-refractivity contribution in [3.63, 3.8) is 0 Å². The van der Waals surface area contributed by atoms with Crippen LogP contribution in [0.1, 0.15) is 342 Å². The predicted molar refractivity (Wildman–Crippen MR) is 335 cm³/mol. The molecule has 80 heavy (non-hydrogen) atoms. The third-order valence-corrected chi connectivity index (χ3v) is 16.0. The summed E-state index contributed by atoms with van der Waals surface area (Å²) in [6, 6.07) is 0. The molecule has 0 aromatic rings. The molecular weight excluding hydrogens is 1020 g/mol. The molecule has 0 bridgehead atoms. The summed E-state index contributed by atoms with van der Waals surface area (Å²) in [6.45, 7) is 4.69. The van der Waals surface area contributed by atoms with Gasteiger partial charge in [0, 0.05) is 19.3 Å². The minimum absolute atomic E-state index is 0.166. The zero-order chi connectivity index (χ0) is 58.3. The van der Waals surface area contributed by atoms with Crippen LogP contribution < -0.4 is 0 Å². The van der Waals surface area contributed by atoms with Gasteiger partial charge in [-0.15, -0.1) is 0 Å². The first kappa shape index (κ1) is 77.7. The van der Waals surface area contributed by atoms with Gasteiger partial charge in [0.05, 0.1) is 19.8 Å². The molecule has 11 nitrogen and oxygen atoms in total. The van der Waals surface area contributed by atoms with Gasteiger partial charge < -0.3 is 24.2 Å². The van der Waals surface area contributed by atoms with Gasteiger partial charge in [-0.05, 0) is 77.0 Å². The van der Waals surface area contributed by atoms with Gasteiger partial charge >= 0.3 is 25.7 Å². The SMILES string of the molecule is CCCCC/C=C\C/C=C\CCCCCCCCCCCC(=O)OC(COC(=O)CCCCCCCCCCC/C=C\CCCCCCCC)COP(=O)(O)OCC(CO)OC(=O)CCCCCCCCCCCCCCCCC. The average molecular weight is 1150 g/mol. The lowest BCUT2D eigenvalue weighted by Gasteiger charge is -2.21. The van der Waals surface area contributed by atoms with E-state index < -0.39 is 57.8 Å². The number of unbranched alkanes of at least 4 members (excludes halogenated alkanes) is 41. The molecule has 0 amide bonds. The largest absolute Gasteiger partial charge is 0.472 e. The third kappa shape index (κ3) is 60.3. The maximum Gasteiger partial charge on any atom is 0.472 e. The molecule has 0 heterocycles. The number of rotatable bonds is 64. The van der Waals surface area contributed by atoms with E-state index in [0.717, 1.165) is 70.6 Å². The van der Waals surface area contributed by atoms with Crippen LogP contribution in [0.15, 0.2) is 36.5 Å². The molecule has 0 aromatic heterocycles. The van der Waals surface area contributed by atoms with Crippen molar-refractivity contribution in [3.05, 3.63) is 36.5 Å². The van der Waals surface area contributed by atoms with Crippen molar-refractivity contribution in [2.24, 2.45) is 0 Å².